The van der Waals surface area contributed by atoms with Gasteiger partial charge in [0.15, 0.2) is 18.1 Å². The first kappa shape index (κ1) is 20.2. The van der Waals surface area contributed by atoms with Crippen molar-refractivity contribution in [1.29, 1.82) is 0 Å². The molecule has 2 N–H and O–H groups in total. The van der Waals surface area contributed by atoms with Crippen molar-refractivity contribution in [3.63, 3.8) is 0 Å². The van der Waals surface area contributed by atoms with E-state index in [0.29, 0.717) is 28.9 Å². The second kappa shape index (κ2) is 9.59. The summed E-state index contributed by atoms with van der Waals surface area (Å²) >= 11 is 0. The number of amides is 1. The van der Waals surface area contributed by atoms with E-state index >= 15 is 0 Å². The van der Waals surface area contributed by atoms with Gasteiger partial charge in [-0.15, -0.1) is 0 Å². The zero-order valence-electron chi connectivity index (χ0n) is 16.8. The van der Waals surface area contributed by atoms with Crippen molar-refractivity contribution in [1.82, 2.24) is 4.98 Å². The van der Waals surface area contributed by atoms with E-state index in [4.69, 9.17) is 9.47 Å². The first-order valence-corrected chi connectivity index (χ1v) is 9.44. The van der Waals surface area contributed by atoms with Crippen LogP contribution in [-0.4, -0.2) is 24.6 Å². The van der Waals surface area contributed by atoms with E-state index in [9.17, 15) is 4.79 Å². The van der Waals surface area contributed by atoms with Gasteiger partial charge < -0.3 is 20.1 Å². The minimum absolute atomic E-state index is 0.122. The fourth-order valence-corrected chi connectivity index (χ4v) is 2.72. The molecule has 6 nitrogen and oxygen atoms in total. The molecule has 2 aromatic carbocycles. The lowest BCUT2D eigenvalue weighted by Crippen LogP contribution is -2.20. The maximum atomic E-state index is 12.1. The van der Waals surface area contributed by atoms with Gasteiger partial charge in [0.1, 0.15) is 5.82 Å². The van der Waals surface area contributed by atoms with Crippen molar-refractivity contribution in [2.45, 2.75) is 19.8 Å². The average Bonchev–Trinajstić information content (AvgIpc) is 2.74. The minimum atomic E-state index is -0.275. The third-order valence-electron chi connectivity index (χ3n) is 4.32. The maximum absolute atomic E-state index is 12.1. The van der Waals surface area contributed by atoms with Gasteiger partial charge in [-0.05, 0) is 47.9 Å². The minimum Gasteiger partial charge on any atom is -0.493 e. The second-order valence-corrected chi connectivity index (χ2v) is 6.82. The van der Waals surface area contributed by atoms with E-state index in [1.807, 2.05) is 30.3 Å². The number of ether oxygens (including phenoxy) is 2. The molecule has 0 aliphatic carbocycles. The van der Waals surface area contributed by atoms with Crippen LogP contribution in [0.1, 0.15) is 25.3 Å². The number of anilines is 3. The van der Waals surface area contributed by atoms with E-state index in [1.54, 1.807) is 31.5 Å². The summed E-state index contributed by atoms with van der Waals surface area (Å²) in [5, 5.41) is 6.01. The Balaban J connectivity index is 1.52. The van der Waals surface area contributed by atoms with Crippen LogP contribution in [0.15, 0.2) is 66.9 Å². The molecular formula is C23H25N3O3. The van der Waals surface area contributed by atoms with Crippen molar-refractivity contribution in [2.24, 2.45) is 0 Å². The number of nitrogens with zero attached hydrogens (tertiary/aromatic N) is 1. The Labute approximate surface area is 170 Å². The van der Waals surface area contributed by atoms with Gasteiger partial charge in [0.25, 0.3) is 5.91 Å². The van der Waals surface area contributed by atoms with Crippen LogP contribution >= 0.6 is 0 Å². The normalized spacial score (nSPS) is 10.5. The number of carbonyl (C=O) groups is 1. The van der Waals surface area contributed by atoms with Gasteiger partial charge in [0, 0.05) is 5.69 Å². The Kier molecular flexibility index (Phi) is 6.68. The molecule has 0 spiro atoms. The number of hydrogen-bond acceptors (Lipinski definition) is 5. The van der Waals surface area contributed by atoms with E-state index in [0.717, 1.165) is 5.69 Å². The molecule has 3 rings (SSSR count). The largest absolute Gasteiger partial charge is 0.493 e. The summed E-state index contributed by atoms with van der Waals surface area (Å²) < 4.78 is 10.7. The first-order chi connectivity index (χ1) is 14.0. The molecular weight excluding hydrogens is 366 g/mol. The highest BCUT2D eigenvalue weighted by molar-refractivity contribution is 5.91. The fourth-order valence-electron chi connectivity index (χ4n) is 2.72. The number of methoxy groups -OCH3 is 1. The molecule has 0 aliphatic heterocycles. The zero-order valence-corrected chi connectivity index (χ0v) is 16.8. The van der Waals surface area contributed by atoms with Crippen LogP contribution in [0.3, 0.4) is 0 Å². The predicted octanol–water partition coefficient (Wildman–Crippen LogP) is 4.97. The standard InChI is InChI=1S/C23H25N3O3/c1-16(2)17-8-10-18(11-9-17)25-22-13-12-19(14-24-22)26-23(27)15-29-21-7-5-4-6-20(21)28-3/h4-14,16H,15H2,1-3H3,(H,24,25)(H,26,27). The number of rotatable bonds is 8. The van der Waals surface area contributed by atoms with Crippen LogP contribution < -0.4 is 20.1 Å². The number of benzene rings is 2. The molecule has 0 aliphatic rings. The molecule has 1 heterocycles. The third-order valence-corrected chi connectivity index (χ3v) is 4.32. The van der Waals surface area contributed by atoms with Gasteiger partial charge in [-0.1, -0.05) is 38.1 Å². The topological polar surface area (TPSA) is 72.5 Å². The highest BCUT2D eigenvalue weighted by atomic mass is 16.5. The molecule has 1 amide bonds. The van der Waals surface area contributed by atoms with Gasteiger partial charge in [0.2, 0.25) is 0 Å². The van der Waals surface area contributed by atoms with Gasteiger partial charge in [0.05, 0.1) is 19.0 Å². The van der Waals surface area contributed by atoms with Gasteiger partial charge in [-0.3, -0.25) is 4.79 Å². The van der Waals surface area contributed by atoms with E-state index in [1.165, 1.54) is 5.56 Å². The smallest absolute Gasteiger partial charge is 0.262 e. The summed E-state index contributed by atoms with van der Waals surface area (Å²) in [4.78, 5) is 16.5. The highest BCUT2D eigenvalue weighted by Crippen LogP contribution is 2.25. The molecule has 0 saturated heterocycles. The fraction of sp³-hybridized carbons (Fsp3) is 0.217. The maximum Gasteiger partial charge on any atom is 0.262 e. The third kappa shape index (κ3) is 5.72. The van der Waals surface area contributed by atoms with E-state index in [2.05, 4.69) is 41.6 Å². The summed E-state index contributed by atoms with van der Waals surface area (Å²) in [7, 11) is 1.56. The number of aromatic nitrogens is 1. The average molecular weight is 391 g/mol. The Bertz CT molecular complexity index is 938. The summed E-state index contributed by atoms with van der Waals surface area (Å²) in [5.74, 6) is 2.02. The molecule has 0 saturated carbocycles. The molecule has 0 unspecified atom stereocenters. The number of nitrogens with one attached hydrogen (secondary N) is 2. The lowest BCUT2D eigenvalue weighted by atomic mass is 10.0. The Hall–Kier alpha value is -3.54. The molecule has 0 fully saturated rings. The lowest BCUT2D eigenvalue weighted by Gasteiger charge is -2.11. The molecule has 150 valence electrons. The van der Waals surface area contributed by atoms with Crippen LogP contribution in [0.5, 0.6) is 11.5 Å². The van der Waals surface area contributed by atoms with Crippen molar-refractivity contribution >= 4 is 23.1 Å². The van der Waals surface area contributed by atoms with E-state index < -0.39 is 0 Å². The number of pyridine rings is 1. The Morgan fingerprint density at radius 3 is 2.28 bits per heavy atom. The van der Waals surface area contributed by atoms with Gasteiger partial charge in [-0.2, -0.15) is 0 Å². The quantitative estimate of drug-likeness (QED) is 0.567. The second-order valence-electron chi connectivity index (χ2n) is 6.82. The number of para-hydroxylation sites is 2. The van der Waals surface area contributed by atoms with Crippen molar-refractivity contribution in [3.05, 3.63) is 72.4 Å². The summed E-state index contributed by atoms with van der Waals surface area (Å²) in [5.41, 5.74) is 2.85. The highest BCUT2D eigenvalue weighted by Gasteiger charge is 2.08. The molecule has 0 radical (unpaired) electrons. The molecule has 0 atom stereocenters. The molecule has 0 bridgehead atoms. The summed E-state index contributed by atoms with van der Waals surface area (Å²) in [6.07, 6.45) is 1.60. The molecule has 29 heavy (non-hydrogen) atoms. The van der Waals surface area contributed by atoms with Crippen LogP contribution in [0.4, 0.5) is 17.2 Å². The summed E-state index contributed by atoms with van der Waals surface area (Å²) in [6.45, 7) is 4.21. The molecule has 3 aromatic rings. The predicted molar refractivity (Wildman–Crippen MR) is 115 cm³/mol. The number of hydrogen-bond donors (Lipinski definition) is 2. The van der Waals surface area contributed by atoms with Crippen molar-refractivity contribution < 1.29 is 14.3 Å². The molecule has 6 heteroatoms. The Morgan fingerprint density at radius 1 is 0.966 bits per heavy atom. The summed E-state index contributed by atoms with van der Waals surface area (Å²) in [6, 6.07) is 19.1. The van der Waals surface area contributed by atoms with Gasteiger partial charge in [-0.25, -0.2) is 4.98 Å². The van der Waals surface area contributed by atoms with E-state index in [-0.39, 0.29) is 12.5 Å². The van der Waals surface area contributed by atoms with Crippen molar-refractivity contribution in [3.8, 4) is 11.5 Å². The first-order valence-electron chi connectivity index (χ1n) is 9.44. The zero-order chi connectivity index (χ0) is 20.6. The van der Waals surface area contributed by atoms with Crippen molar-refractivity contribution in [2.75, 3.05) is 24.4 Å². The van der Waals surface area contributed by atoms with Crippen LogP contribution in [0.2, 0.25) is 0 Å². The van der Waals surface area contributed by atoms with Crippen LogP contribution in [0, 0.1) is 0 Å². The van der Waals surface area contributed by atoms with Gasteiger partial charge >= 0.3 is 0 Å². The van der Waals surface area contributed by atoms with Crippen LogP contribution in [0.25, 0.3) is 0 Å². The monoisotopic (exact) mass is 391 g/mol. The SMILES string of the molecule is COc1ccccc1OCC(=O)Nc1ccc(Nc2ccc(C(C)C)cc2)nc1. The van der Waals surface area contributed by atoms with Crippen LogP contribution in [-0.2, 0) is 4.79 Å². The Morgan fingerprint density at radius 2 is 1.66 bits per heavy atom. The lowest BCUT2D eigenvalue weighted by molar-refractivity contribution is -0.118. The number of carbonyl (C=O) groups excluding carboxylic acids is 1. The molecule has 1 aromatic heterocycles.